The molecule has 1 aromatic rings. The summed E-state index contributed by atoms with van der Waals surface area (Å²) in [6, 6.07) is 8.02. The van der Waals surface area contributed by atoms with Crippen molar-refractivity contribution in [1.82, 2.24) is 0 Å². The van der Waals surface area contributed by atoms with Crippen LogP contribution in [-0.4, -0.2) is 22.7 Å². The van der Waals surface area contributed by atoms with Crippen molar-refractivity contribution in [2.75, 3.05) is 6.61 Å². The fourth-order valence-corrected chi connectivity index (χ4v) is 8.59. The molecule has 3 nitrogen and oxygen atoms in total. The van der Waals surface area contributed by atoms with E-state index in [1.165, 1.54) is 56.9 Å². The number of esters is 1. The van der Waals surface area contributed by atoms with E-state index < -0.39 is 0 Å². The Labute approximate surface area is 182 Å². The minimum absolute atomic E-state index is 0.0909. The lowest BCUT2D eigenvalue weighted by Gasteiger charge is -2.58. The number of carbonyl (C=O) groups is 2. The first-order valence-electron chi connectivity index (χ1n) is 11.4. The summed E-state index contributed by atoms with van der Waals surface area (Å²) < 4.78 is 5.75. The molecule has 6 rings (SSSR count). The highest BCUT2D eigenvalue weighted by Gasteiger charge is 2.60. The first-order valence-corrected chi connectivity index (χ1v) is 12.2. The summed E-state index contributed by atoms with van der Waals surface area (Å²) in [7, 11) is 0. The van der Waals surface area contributed by atoms with Crippen LogP contribution in [0.2, 0.25) is 0 Å². The number of carbonyl (C=O) groups excluding carboxylic acids is 2. The molecule has 29 heavy (non-hydrogen) atoms. The van der Waals surface area contributed by atoms with Crippen LogP contribution in [0.3, 0.4) is 0 Å². The van der Waals surface area contributed by atoms with Crippen molar-refractivity contribution in [3.8, 4) is 0 Å². The van der Waals surface area contributed by atoms with Gasteiger partial charge in [-0.1, -0.05) is 59.5 Å². The molecule has 5 saturated carbocycles. The van der Waals surface area contributed by atoms with Crippen molar-refractivity contribution in [2.45, 2.75) is 80.9 Å². The van der Waals surface area contributed by atoms with Crippen molar-refractivity contribution in [2.24, 2.45) is 17.3 Å². The van der Waals surface area contributed by atoms with Crippen molar-refractivity contribution >= 4 is 27.7 Å². The van der Waals surface area contributed by atoms with Gasteiger partial charge in [0.2, 0.25) is 0 Å². The SMILES string of the molecule is O=C(COC(=O)C12C[C@@H]3C[C@@H](CC(Br)(C3)C1)C2)c1ccc(C2CCCCC2)cc1. The number of hydrogen-bond donors (Lipinski definition) is 0. The number of ketones is 1. The smallest absolute Gasteiger partial charge is 0.312 e. The van der Waals surface area contributed by atoms with Crippen molar-refractivity contribution < 1.29 is 14.3 Å². The number of hydrogen-bond acceptors (Lipinski definition) is 3. The molecule has 0 N–H and O–H groups in total. The Morgan fingerprint density at radius 2 is 1.62 bits per heavy atom. The topological polar surface area (TPSA) is 43.4 Å². The number of alkyl halides is 1. The van der Waals surface area contributed by atoms with Gasteiger partial charge >= 0.3 is 5.97 Å². The summed E-state index contributed by atoms with van der Waals surface area (Å²) in [5.74, 6) is 1.67. The highest BCUT2D eigenvalue weighted by Crippen LogP contribution is 2.64. The maximum atomic E-state index is 13.0. The van der Waals surface area contributed by atoms with Crippen LogP contribution in [0.5, 0.6) is 0 Å². The van der Waals surface area contributed by atoms with Crippen LogP contribution >= 0.6 is 15.9 Å². The Balaban J connectivity index is 1.20. The van der Waals surface area contributed by atoms with Crippen molar-refractivity contribution in [3.63, 3.8) is 0 Å². The molecule has 5 aliphatic carbocycles. The highest BCUT2D eigenvalue weighted by atomic mass is 79.9. The summed E-state index contributed by atoms with van der Waals surface area (Å²) >= 11 is 3.94. The number of halogens is 1. The maximum Gasteiger partial charge on any atom is 0.312 e. The van der Waals surface area contributed by atoms with E-state index in [2.05, 4.69) is 28.1 Å². The molecule has 0 aliphatic heterocycles. The Morgan fingerprint density at radius 3 is 2.24 bits per heavy atom. The Morgan fingerprint density at radius 1 is 0.966 bits per heavy atom. The van der Waals surface area contributed by atoms with Gasteiger partial charge < -0.3 is 4.74 Å². The molecule has 0 spiro atoms. The van der Waals surface area contributed by atoms with E-state index in [1.54, 1.807) is 0 Å². The average Bonchev–Trinajstić information content (AvgIpc) is 2.70. The molecule has 4 bridgehead atoms. The second-order valence-electron chi connectivity index (χ2n) is 10.3. The molecular weight excluding hydrogens is 428 g/mol. The van der Waals surface area contributed by atoms with Gasteiger partial charge in [-0.3, -0.25) is 9.59 Å². The van der Waals surface area contributed by atoms with E-state index in [1.807, 2.05) is 12.1 Å². The fraction of sp³-hybridized carbons (Fsp3) is 0.680. The normalized spacial score (nSPS) is 36.2. The molecular formula is C25H31BrO3. The summed E-state index contributed by atoms with van der Waals surface area (Å²) in [5.41, 5.74) is 1.63. The average molecular weight is 459 g/mol. The molecule has 156 valence electrons. The van der Waals surface area contributed by atoms with E-state index in [4.69, 9.17) is 4.74 Å². The van der Waals surface area contributed by atoms with Crippen LogP contribution in [-0.2, 0) is 9.53 Å². The molecule has 0 amide bonds. The quantitative estimate of drug-likeness (QED) is 0.299. The largest absolute Gasteiger partial charge is 0.457 e. The number of ether oxygens (including phenoxy) is 1. The molecule has 2 unspecified atom stereocenters. The lowest BCUT2D eigenvalue weighted by atomic mass is 9.49. The summed E-state index contributed by atoms with van der Waals surface area (Å²) in [5, 5.41) is 0. The van der Waals surface area contributed by atoms with Crippen LogP contribution < -0.4 is 0 Å². The van der Waals surface area contributed by atoms with Crippen LogP contribution in [0, 0.1) is 17.3 Å². The van der Waals surface area contributed by atoms with Gasteiger partial charge in [-0.05, 0) is 74.7 Å². The predicted octanol–water partition coefficient (Wildman–Crippen LogP) is 6.19. The summed E-state index contributed by atoms with van der Waals surface area (Å²) in [4.78, 5) is 25.7. The van der Waals surface area contributed by atoms with Gasteiger partial charge in [0.15, 0.2) is 12.4 Å². The number of Topliss-reactive ketones (excluding diaryl/α,β-unsaturated/α-hetero) is 1. The van der Waals surface area contributed by atoms with Crippen LogP contribution in [0.1, 0.15) is 92.5 Å². The molecule has 5 fully saturated rings. The van der Waals surface area contributed by atoms with E-state index in [0.717, 1.165) is 19.3 Å². The molecule has 0 saturated heterocycles. The second kappa shape index (κ2) is 7.51. The zero-order valence-corrected chi connectivity index (χ0v) is 18.7. The van der Waals surface area contributed by atoms with Crippen LogP contribution in [0.25, 0.3) is 0 Å². The lowest BCUT2D eigenvalue weighted by molar-refractivity contribution is -0.168. The Hall–Kier alpha value is -1.16. The molecule has 4 atom stereocenters. The zero-order valence-electron chi connectivity index (χ0n) is 17.1. The standard InChI is InChI=1S/C25H31BrO3/c26-25-13-17-10-18(14-25)12-24(11-17,16-25)23(28)29-15-22(27)21-8-6-20(7-9-21)19-4-2-1-3-5-19/h6-9,17-19H,1-5,10-16H2/t17-,18+,24?,25?. The van der Waals surface area contributed by atoms with Crippen molar-refractivity contribution in [1.29, 1.82) is 0 Å². The molecule has 0 aromatic heterocycles. The molecule has 0 heterocycles. The summed E-state index contributed by atoms with van der Waals surface area (Å²) in [6.45, 7) is -0.131. The monoisotopic (exact) mass is 458 g/mol. The second-order valence-corrected chi connectivity index (χ2v) is 12.0. The van der Waals surface area contributed by atoms with Gasteiger partial charge in [-0.2, -0.15) is 0 Å². The van der Waals surface area contributed by atoms with E-state index in [9.17, 15) is 9.59 Å². The zero-order chi connectivity index (χ0) is 20.1. The van der Waals surface area contributed by atoms with E-state index >= 15 is 0 Å². The van der Waals surface area contributed by atoms with Gasteiger partial charge in [0.25, 0.3) is 0 Å². The van der Waals surface area contributed by atoms with Crippen LogP contribution in [0.4, 0.5) is 0 Å². The first-order chi connectivity index (χ1) is 13.9. The Kier molecular flexibility index (Phi) is 5.13. The molecule has 1 aromatic carbocycles. The summed E-state index contributed by atoms with van der Waals surface area (Å²) in [6.07, 6.45) is 12.9. The third-order valence-corrected chi connectivity index (χ3v) is 8.99. The van der Waals surface area contributed by atoms with Gasteiger partial charge in [-0.15, -0.1) is 0 Å². The molecule has 0 radical (unpaired) electrons. The highest BCUT2D eigenvalue weighted by molar-refractivity contribution is 9.10. The minimum atomic E-state index is -0.362. The van der Waals surface area contributed by atoms with E-state index in [0.29, 0.717) is 23.3 Å². The van der Waals surface area contributed by atoms with Crippen molar-refractivity contribution in [3.05, 3.63) is 35.4 Å². The fourth-order valence-electron chi connectivity index (χ4n) is 7.13. The van der Waals surface area contributed by atoms with Gasteiger partial charge in [0, 0.05) is 9.89 Å². The minimum Gasteiger partial charge on any atom is -0.457 e. The van der Waals surface area contributed by atoms with Gasteiger partial charge in [-0.25, -0.2) is 0 Å². The maximum absolute atomic E-state index is 13.0. The van der Waals surface area contributed by atoms with Gasteiger partial charge in [0.05, 0.1) is 5.41 Å². The van der Waals surface area contributed by atoms with Crippen LogP contribution in [0.15, 0.2) is 24.3 Å². The first kappa shape index (κ1) is 19.8. The van der Waals surface area contributed by atoms with E-state index in [-0.39, 0.29) is 28.1 Å². The molecule has 4 heteroatoms. The number of rotatable bonds is 5. The third kappa shape index (κ3) is 3.82. The third-order valence-electron chi connectivity index (χ3n) is 8.07. The van der Waals surface area contributed by atoms with Gasteiger partial charge in [0.1, 0.15) is 0 Å². The lowest BCUT2D eigenvalue weighted by Crippen LogP contribution is -2.56. The Bertz CT molecular complexity index is 779. The molecule has 5 aliphatic rings. The predicted molar refractivity (Wildman–Crippen MR) is 116 cm³/mol. The number of benzene rings is 1.